The van der Waals surface area contributed by atoms with Gasteiger partial charge in [-0.3, -0.25) is 4.79 Å². The van der Waals surface area contributed by atoms with Crippen LogP contribution in [0.25, 0.3) is 0 Å². The molecule has 0 aliphatic heterocycles. The van der Waals surface area contributed by atoms with Crippen molar-refractivity contribution in [2.75, 3.05) is 13.2 Å². The van der Waals surface area contributed by atoms with Crippen LogP contribution >= 0.6 is 15.9 Å². The first-order chi connectivity index (χ1) is 7.58. The quantitative estimate of drug-likeness (QED) is 0.575. The molecule has 0 aliphatic rings. The minimum atomic E-state index is -4.59. The molecule has 0 rings (SSSR count). The molecule has 0 saturated carbocycles. The van der Waals surface area contributed by atoms with Gasteiger partial charge in [-0.1, -0.05) is 22.9 Å². The molecule has 0 bridgehead atoms. The van der Waals surface area contributed by atoms with E-state index in [9.17, 15) is 22.8 Å². The molecule has 0 amide bonds. The Morgan fingerprint density at radius 1 is 1.24 bits per heavy atom. The predicted octanol–water partition coefficient (Wildman–Crippen LogP) is 2.20. The van der Waals surface area contributed by atoms with Gasteiger partial charge >= 0.3 is 18.1 Å². The maximum absolute atomic E-state index is 11.7. The fraction of sp³-hybridized carbons (Fsp3) is 0.778. The van der Waals surface area contributed by atoms with Gasteiger partial charge in [-0.05, 0) is 13.3 Å². The van der Waals surface area contributed by atoms with E-state index in [-0.39, 0.29) is 0 Å². The molecule has 0 aromatic rings. The van der Waals surface area contributed by atoms with E-state index in [1.807, 2.05) is 0 Å². The zero-order valence-electron chi connectivity index (χ0n) is 9.27. The van der Waals surface area contributed by atoms with E-state index in [2.05, 4.69) is 25.4 Å². The molecule has 8 heteroatoms. The third kappa shape index (κ3) is 7.19. The van der Waals surface area contributed by atoms with Gasteiger partial charge in [0.2, 0.25) is 0 Å². The molecule has 0 fully saturated rings. The molecule has 0 spiro atoms. The van der Waals surface area contributed by atoms with E-state index >= 15 is 0 Å². The summed E-state index contributed by atoms with van der Waals surface area (Å²) in [5.74, 6) is -1.97. The maximum Gasteiger partial charge on any atom is 0.422 e. The lowest BCUT2D eigenvalue weighted by molar-refractivity contribution is -0.190. The van der Waals surface area contributed by atoms with Crippen molar-refractivity contribution in [1.82, 2.24) is 0 Å². The summed E-state index contributed by atoms with van der Waals surface area (Å²) in [6.07, 6.45) is -4.18. The fourth-order valence-corrected chi connectivity index (χ4v) is 0.738. The average Bonchev–Trinajstić information content (AvgIpc) is 2.21. The summed E-state index contributed by atoms with van der Waals surface area (Å²) in [5, 5.41) is 0. The van der Waals surface area contributed by atoms with Crippen LogP contribution in [0.2, 0.25) is 0 Å². The molecule has 0 saturated heterocycles. The number of hydrogen-bond donors (Lipinski definition) is 0. The highest BCUT2D eigenvalue weighted by atomic mass is 79.9. The van der Waals surface area contributed by atoms with E-state index in [0.717, 1.165) is 0 Å². The van der Waals surface area contributed by atoms with Gasteiger partial charge in [0.05, 0.1) is 0 Å². The molecule has 4 nitrogen and oxygen atoms in total. The Balaban J connectivity index is 3.97. The highest BCUT2D eigenvalue weighted by molar-refractivity contribution is 9.10. The van der Waals surface area contributed by atoms with Gasteiger partial charge in [0.25, 0.3) is 0 Å². The number of esters is 2. The lowest BCUT2D eigenvalue weighted by atomic mass is 10.1. The summed E-state index contributed by atoms with van der Waals surface area (Å²) >= 11 is 3.06. The first kappa shape index (κ1) is 16.2. The Morgan fingerprint density at radius 2 is 1.76 bits per heavy atom. The van der Waals surface area contributed by atoms with Gasteiger partial charge in [-0.25, -0.2) is 4.79 Å². The van der Waals surface area contributed by atoms with Crippen molar-refractivity contribution in [1.29, 1.82) is 0 Å². The highest BCUT2D eigenvalue weighted by Gasteiger charge is 2.32. The molecule has 0 aromatic heterocycles. The number of ether oxygens (including phenoxy) is 2. The summed E-state index contributed by atoms with van der Waals surface area (Å²) in [7, 11) is 0. The van der Waals surface area contributed by atoms with E-state index < -0.39 is 35.7 Å². The Morgan fingerprint density at radius 3 is 2.18 bits per heavy atom. The number of halogens is 4. The normalized spacial score (nSPS) is 14.9. The van der Waals surface area contributed by atoms with Crippen LogP contribution in [0.5, 0.6) is 0 Å². The van der Waals surface area contributed by atoms with E-state index in [4.69, 9.17) is 0 Å². The predicted molar refractivity (Wildman–Crippen MR) is 55.6 cm³/mol. The molecule has 17 heavy (non-hydrogen) atoms. The Kier molecular flexibility index (Phi) is 5.94. The van der Waals surface area contributed by atoms with Crippen molar-refractivity contribution in [3.8, 4) is 0 Å². The van der Waals surface area contributed by atoms with Crippen molar-refractivity contribution in [3.05, 3.63) is 0 Å². The number of hydrogen-bond acceptors (Lipinski definition) is 4. The highest BCUT2D eigenvalue weighted by Crippen LogP contribution is 2.23. The third-order valence-corrected chi connectivity index (χ3v) is 2.69. The summed E-state index contributed by atoms with van der Waals surface area (Å²) in [4.78, 5) is 22.1. The molecule has 1 unspecified atom stereocenters. The Labute approximate surface area is 105 Å². The summed E-state index contributed by atoms with van der Waals surface area (Å²) in [5.41, 5.74) is 0. The monoisotopic (exact) mass is 320 g/mol. The van der Waals surface area contributed by atoms with Gasteiger partial charge < -0.3 is 9.47 Å². The molecule has 0 radical (unpaired) electrons. The van der Waals surface area contributed by atoms with Crippen LogP contribution < -0.4 is 0 Å². The maximum atomic E-state index is 11.7. The van der Waals surface area contributed by atoms with Crippen molar-refractivity contribution < 1.29 is 32.2 Å². The summed E-state index contributed by atoms with van der Waals surface area (Å²) in [6, 6.07) is 0. The zero-order chi connectivity index (χ0) is 13.7. The molecule has 100 valence electrons. The topological polar surface area (TPSA) is 52.6 Å². The molecular weight excluding hydrogens is 309 g/mol. The van der Waals surface area contributed by atoms with Crippen molar-refractivity contribution in [2.24, 2.45) is 0 Å². The van der Waals surface area contributed by atoms with Gasteiger partial charge in [-0.15, -0.1) is 0 Å². The lowest BCUT2D eigenvalue weighted by Gasteiger charge is -2.17. The zero-order valence-corrected chi connectivity index (χ0v) is 10.9. The van der Waals surface area contributed by atoms with Crippen molar-refractivity contribution in [3.63, 3.8) is 0 Å². The van der Waals surface area contributed by atoms with Crippen LogP contribution in [-0.4, -0.2) is 35.7 Å². The van der Waals surface area contributed by atoms with Gasteiger partial charge in [0.15, 0.2) is 13.2 Å². The van der Waals surface area contributed by atoms with Gasteiger partial charge in [0.1, 0.15) is 4.32 Å². The second kappa shape index (κ2) is 6.23. The van der Waals surface area contributed by atoms with Crippen LogP contribution in [0, 0.1) is 0 Å². The largest absolute Gasteiger partial charge is 0.454 e. The third-order valence-electron chi connectivity index (χ3n) is 1.81. The smallest absolute Gasteiger partial charge is 0.422 e. The lowest BCUT2D eigenvalue weighted by Crippen LogP contribution is -2.32. The second-order valence-electron chi connectivity index (χ2n) is 3.40. The van der Waals surface area contributed by atoms with E-state index in [1.165, 1.54) is 6.92 Å². The molecule has 0 aliphatic carbocycles. The van der Waals surface area contributed by atoms with Crippen molar-refractivity contribution >= 4 is 27.9 Å². The Bertz CT molecular complexity index is 288. The number of carbonyl (C=O) groups is 2. The van der Waals surface area contributed by atoms with Gasteiger partial charge in [0, 0.05) is 0 Å². The molecular formula is C9H12BrF3O4. The van der Waals surface area contributed by atoms with Crippen molar-refractivity contribution in [2.45, 2.75) is 30.8 Å². The number of carbonyl (C=O) groups excluding carboxylic acids is 2. The van der Waals surface area contributed by atoms with Crippen LogP contribution in [0.3, 0.4) is 0 Å². The molecule has 0 N–H and O–H groups in total. The minimum absolute atomic E-state index is 0.406. The minimum Gasteiger partial charge on any atom is -0.454 e. The summed E-state index contributed by atoms with van der Waals surface area (Å²) < 4.78 is 42.4. The second-order valence-corrected chi connectivity index (χ2v) is 5.15. The first-order valence-electron chi connectivity index (χ1n) is 4.67. The van der Waals surface area contributed by atoms with E-state index in [0.29, 0.717) is 6.42 Å². The van der Waals surface area contributed by atoms with Crippen LogP contribution in [0.15, 0.2) is 0 Å². The SMILES string of the molecule is CCC(C)(Br)C(=O)OCC(=O)OCC(F)(F)F. The Hall–Kier alpha value is -0.790. The van der Waals surface area contributed by atoms with Crippen LogP contribution in [0.1, 0.15) is 20.3 Å². The van der Waals surface area contributed by atoms with Gasteiger partial charge in [-0.2, -0.15) is 13.2 Å². The van der Waals surface area contributed by atoms with Crippen LogP contribution in [-0.2, 0) is 19.1 Å². The fourth-order valence-electron chi connectivity index (χ4n) is 0.623. The molecule has 0 aromatic carbocycles. The average molecular weight is 321 g/mol. The standard InChI is InChI=1S/C9H12BrF3O4/c1-3-8(2,10)7(15)16-4-6(14)17-5-9(11,12)13/h3-5H2,1-2H3. The van der Waals surface area contributed by atoms with Crippen LogP contribution in [0.4, 0.5) is 13.2 Å². The summed E-state index contributed by atoms with van der Waals surface area (Å²) in [6.45, 7) is 0.702. The number of rotatable bonds is 5. The first-order valence-corrected chi connectivity index (χ1v) is 5.46. The number of alkyl halides is 4. The molecule has 1 atom stereocenters. The van der Waals surface area contributed by atoms with E-state index in [1.54, 1.807) is 6.92 Å². The molecule has 0 heterocycles.